The summed E-state index contributed by atoms with van der Waals surface area (Å²) in [5.74, 6) is 0.825. The standard InChI is InChI=1S/C17H34N2O/c1-15-8-7-9-16(12-15,19(2)3)13-18-14-17(20)10-5-4-6-11-17/h15,18,20H,4-14H2,1-3H3. The average Bonchev–Trinajstić information content (AvgIpc) is 2.39. The smallest absolute Gasteiger partial charge is 0.0771 e. The molecular formula is C17H34N2O. The second-order valence-corrected chi connectivity index (χ2v) is 7.71. The molecule has 2 unspecified atom stereocenters. The summed E-state index contributed by atoms with van der Waals surface area (Å²) in [6.45, 7) is 4.18. The van der Waals surface area contributed by atoms with Crippen molar-refractivity contribution in [3.63, 3.8) is 0 Å². The molecule has 0 heterocycles. The quantitative estimate of drug-likeness (QED) is 0.814. The van der Waals surface area contributed by atoms with Crippen LogP contribution in [-0.2, 0) is 0 Å². The molecule has 2 aliphatic carbocycles. The maximum absolute atomic E-state index is 10.6. The van der Waals surface area contributed by atoms with Crippen LogP contribution in [0.3, 0.4) is 0 Å². The Hall–Kier alpha value is -0.120. The first kappa shape index (κ1) is 16.3. The first-order chi connectivity index (χ1) is 9.46. The minimum atomic E-state index is -0.438. The molecule has 20 heavy (non-hydrogen) atoms. The molecule has 3 heteroatoms. The van der Waals surface area contributed by atoms with Crippen molar-refractivity contribution in [3.8, 4) is 0 Å². The Bertz CT molecular complexity index is 299. The lowest BCUT2D eigenvalue weighted by Crippen LogP contribution is -2.56. The first-order valence-electron chi connectivity index (χ1n) is 8.56. The number of hydrogen-bond acceptors (Lipinski definition) is 3. The number of hydrogen-bond donors (Lipinski definition) is 2. The van der Waals surface area contributed by atoms with E-state index in [0.717, 1.165) is 31.8 Å². The van der Waals surface area contributed by atoms with E-state index in [2.05, 4.69) is 31.2 Å². The van der Waals surface area contributed by atoms with Crippen molar-refractivity contribution in [2.45, 2.75) is 75.9 Å². The van der Waals surface area contributed by atoms with Crippen LogP contribution in [0.1, 0.15) is 64.7 Å². The molecule has 2 N–H and O–H groups in total. The van der Waals surface area contributed by atoms with Gasteiger partial charge in [0.1, 0.15) is 0 Å². The van der Waals surface area contributed by atoms with Crippen molar-refractivity contribution in [3.05, 3.63) is 0 Å². The minimum Gasteiger partial charge on any atom is -0.389 e. The largest absolute Gasteiger partial charge is 0.389 e. The van der Waals surface area contributed by atoms with Gasteiger partial charge in [0.15, 0.2) is 0 Å². The van der Waals surface area contributed by atoms with E-state index in [9.17, 15) is 5.11 Å². The summed E-state index contributed by atoms with van der Waals surface area (Å²) in [6.07, 6.45) is 10.9. The van der Waals surface area contributed by atoms with Crippen LogP contribution in [0, 0.1) is 5.92 Å². The van der Waals surface area contributed by atoms with Gasteiger partial charge in [-0.15, -0.1) is 0 Å². The average molecular weight is 282 g/mol. The molecule has 0 aliphatic heterocycles. The van der Waals surface area contributed by atoms with Crippen LogP contribution in [0.2, 0.25) is 0 Å². The molecule has 3 nitrogen and oxygen atoms in total. The normalized spacial score (nSPS) is 34.4. The Kier molecular flexibility index (Phi) is 5.49. The molecular weight excluding hydrogens is 248 g/mol. The van der Waals surface area contributed by atoms with Gasteiger partial charge < -0.3 is 15.3 Å². The fourth-order valence-electron chi connectivity index (χ4n) is 4.27. The summed E-state index contributed by atoms with van der Waals surface area (Å²) in [4.78, 5) is 2.42. The maximum atomic E-state index is 10.6. The van der Waals surface area contributed by atoms with Crippen molar-refractivity contribution in [1.82, 2.24) is 10.2 Å². The third-order valence-electron chi connectivity index (χ3n) is 5.71. The number of likely N-dealkylation sites (N-methyl/N-ethyl adjacent to an activating group) is 1. The van der Waals surface area contributed by atoms with Crippen molar-refractivity contribution < 1.29 is 5.11 Å². The van der Waals surface area contributed by atoms with Gasteiger partial charge in [-0.05, 0) is 45.7 Å². The van der Waals surface area contributed by atoms with E-state index < -0.39 is 5.60 Å². The van der Waals surface area contributed by atoms with E-state index in [1.54, 1.807) is 0 Å². The van der Waals surface area contributed by atoms with Gasteiger partial charge in [0.2, 0.25) is 0 Å². The van der Waals surface area contributed by atoms with Crippen LogP contribution < -0.4 is 5.32 Å². The molecule has 2 saturated carbocycles. The second-order valence-electron chi connectivity index (χ2n) is 7.71. The van der Waals surface area contributed by atoms with E-state index in [0.29, 0.717) is 5.54 Å². The van der Waals surface area contributed by atoms with Crippen LogP contribution in [0.15, 0.2) is 0 Å². The summed E-state index contributed by atoms with van der Waals surface area (Å²) < 4.78 is 0. The minimum absolute atomic E-state index is 0.294. The Morgan fingerprint density at radius 2 is 1.75 bits per heavy atom. The molecule has 0 saturated heterocycles. The summed E-state index contributed by atoms with van der Waals surface area (Å²) in [7, 11) is 4.43. The van der Waals surface area contributed by atoms with Gasteiger partial charge >= 0.3 is 0 Å². The summed E-state index contributed by atoms with van der Waals surface area (Å²) >= 11 is 0. The van der Waals surface area contributed by atoms with Crippen LogP contribution in [0.5, 0.6) is 0 Å². The van der Waals surface area contributed by atoms with E-state index in [1.165, 1.54) is 44.9 Å². The van der Waals surface area contributed by atoms with Crippen molar-refractivity contribution >= 4 is 0 Å². The van der Waals surface area contributed by atoms with Crippen molar-refractivity contribution in [2.24, 2.45) is 5.92 Å². The summed E-state index contributed by atoms with van der Waals surface area (Å²) in [5.41, 5.74) is -0.144. The molecule has 2 atom stereocenters. The fourth-order valence-corrected chi connectivity index (χ4v) is 4.27. The van der Waals surface area contributed by atoms with Crippen molar-refractivity contribution in [1.29, 1.82) is 0 Å². The van der Waals surface area contributed by atoms with Crippen LogP contribution in [0.25, 0.3) is 0 Å². The van der Waals surface area contributed by atoms with E-state index in [4.69, 9.17) is 0 Å². The molecule has 0 aromatic carbocycles. The topological polar surface area (TPSA) is 35.5 Å². The molecule has 0 amide bonds. The molecule has 0 radical (unpaired) electrons. The first-order valence-corrected chi connectivity index (χ1v) is 8.56. The molecule has 0 aromatic rings. The van der Waals surface area contributed by atoms with Gasteiger partial charge in [-0.25, -0.2) is 0 Å². The predicted molar refractivity (Wildman–Crippen MR) is 85.0 cm³/mol. The van der Waals surface area contributed by atoms with Gasteiger partial charge in [0, 0.05) is 18.6 Å². The van der Waals surface area contributed by atoms with Gasteiger partial charge in [-0.3, -0.25) is 0 Å². The highest BCUT2D eigenvalue weighted by molar-refractivity contribution is 4.95. The zero-order valence-corrected chi connectivity index (χ0v) is 13.7. The zero-order chi connectivity index (χ0) is 14.6. The molecule has 118 valence electrons. The molecule has 2 rings (SSSR count). The lowest BCUT2D eigenvalue weighted by atomic mass is 9.75. The highest BCUT2D eigenvalue weighted by Crippen LogP contribution is 2.35. The number of nitrogens with one attached hydrogen (secondary N) is 1. The molecule has 0 bridgehead atoms. The van der Waals surface area contributed by atoms with Crippen LogP contribution in [0.4, 0.5) is 0 Å². The maximum Gasteiger partial charge on any atom is 0.0771 e. The summed E-state index contributed by atoms with van der Waals surface area (Å²) in [5, 5.41) is 14.2. The Labute approximate surface area is 125 Å². The SMILES string of the molecule is CC1CCCC(CNCC2(O)CCCCC2)(N(C)C)C1. The van der Waals surface area contributed by atoms with Gasteiger partial charge in [-0.1, -0.05) is 39.0 Å². The van der Waals surface area contributed by atoms with Crippen LogP contribution in [-0.4, -0.2) is 48.3 Å². The lowest BCUT2D eigenvalue weighted by molar-refractivity contribution is -0.00157. The van der Waals surface area contributed by atoms with Crippen LogP contribution >= 0.6 is 0 Å². The molecule has 2 fully saturated rings. The Morgan fingerprint density at radius 1 is 1.05 bits per heavy atom. The number of nitrogens with zero attached hydrogens (tertiary/aromatic N) is 1. The molecule has 2 aliphatic rings. The van der Waals surface area contributed by atoms with E-state index >= 15 is 0 Å². The number of aliphatic hydroxyl groups is 1. The molecule has 0 spiro atoms. The van der Waals surface area contributed by atoms with E-state index in [-0.39, 0.29) is 0 Å². The second kappa shape index (κ2) is 6.76. The third kappa shape index (κ3) is 3.96. The monoisotopic (exact) mass is 282 g/mol. The summed E-state index contributed by atoms with van der Waals surface area (Å²) in [6, 6.07) is 0. The zero-order valence-electron chi connectivity index (χ0n) is 13.7. The van der Waals surface area contributed by atoms with E-state index in [1.807, 2.05) is 0 Å². The number of rotatable bonds is 5. The van der Waals surface area contributed by atoms with Gasteiger partial charge in [-0.2, -0.15) is 0 Å². The lowest BCUT2D eigenvalue weighted by Gasteiger charge is -2.46. The third-order valence-corrected chi connectivity index (χ3v) is 5.71. The Balaban J connectivity index is 1.86. The van der Waals surface area contributed by atoms with Gasteiger partial charge in [0.05, 0.1) is 5.60 Å². The highest BCUT2D eigenvalue weighted by atomic mass is 16.3. The molecule has 0 aromatic heterocycles. The Morgan fingerprint density at radius 3 is 2.35 bits per heavy atom. The van der Waals surface area contributed by atoms with Crippen molar-refractivity contribution in [2.75, 3.05) is 27.2 Å². The van der Waals surface area contributed by atoms with Gasteiger partial charge in [0.25, 0.3) is 0 Å². The fraction of sp³-hybridized carbons (Fsp3) is 1.00. The predicted octanol–water partition coefficient (Wildman–Crippen LogP) is 2.78. The highest BCUT2D eigenvalue weighted by Gasteiger charge is 2.37.